The number of anilines is 1. The van der Waals surface area contributed by atoms with Crippen LogP contribution in [0.3, 0.4) is 0 Å². The van der Waals surface area contributed by atoms with Gasteiger partial charge < -0.3 is 5.11 Å². The second kappa shape index (κ2) is 5.92. The van der Waals surface area contributed by atoms with Gasteiger partial charge in [-0.25, -0.2) is 8.42 Å². The highest BCUT2D eigenvalue weighted by atomic mass is 32.2. The zero-order valence-electron chi connectivity index (χ0n) is 11.2. The Hall–Kier alpha value is -2.42. The first-order chi connectivity index (χ1) is 9.88. The third kappa shape index (κ3) is 3.78. The number of pyridine rings is 1. The first-order valence-electron chi connectivity index (χ1n) is 6.07. The average Bonchev–Trinajstić information content (AvgIpc) is 2.88. The highest BCUT2D eigenvalue weighted by molar-refractivity contribution is 7.92. The van der Waals surface area contributed by atoms with Crippen LogP contribution >= 0.6 is 0 Å². The van der Waals surface area contributed by atoms with Crippen LogP contribution in [0.25, 0.3) is 0 Å². The molecule has 2 N–H and O–H groups in total. The molecule has 2 aromatic heterocycles. The summed E-state index contributed by atoms with van der Waals surface area (Å²) in [6.45, 7) is 1.80. The lowest BCUT2D eigenvalue weighted by Gasteiger charge is -2.07. The first-order valence-corrected chi connectivity index (χ1v) is 7.55. The molecule has 2 rings (SSSR count). The molecule has 0 aromatic carbocycles. The van der Waals surface area contributed by atoms with E-state index in [1.165, 1.54) is 17.1 Å². The number of aryl methyl sites for hydroxylation is 2. The van der Waals surface area contributed by atoms with E-state index in [1.54, 1.807) is 25.3 Å². The lowest BCUT2D eigenvalue weighted by atomic mass is 10.3. The standard InChI is InChI=1S/C12H14N4O4S/c1-9-11(3-2-5-13-9)15-21(19,20)10-7-14-16(8-10)6-4-12(17)18/h2-3,5,7-8,15H,4,6H2,1H3,(H,17,18). The van der Waals surface area contributed by atoms with Gasteiger partial charge >= 0.3 is 5.97 Å². The third-order valence-corrected chi connectivity index (χ3v) is 4.05. The molecule has 2 heterocycles. The molecule has 0 aliphatic heterocycles. The van der Waals surface area contributed by atoms with Gasteiger partial charge in [0.15, 0.2) is 0 Å². The minimum Gasteiger partial charge on any atom is -0.481 e. The highest BCUT2D eigenvalue weighted by Crippen LogP contribution is 2.17. The Kier molecular flexibility index (Phi) is 4.22. The summed E-state index contributed by atoms with van der Waals surface area (Å²) in [5.41, 5.74) is 0.940. The monoisotopic (exact) mass is 310 g/mol. The van der Waals surface area contributed by atoms with Crippen molar-refractivity contribution in [2.75, 3.05) is 4.72 Å². The second-order valence-electron chi connectivity index (χ2n) is 4.32. The van der Waals surface area contributed by atoms with Gasteiger partial charge in [-0.1, -0.05) is 0 Å². The minimum atomic E-state index is -3.77. The maximum Gasteiger partial charge on any atom is 0.305 e. The molecule has 112 valence electrons. The van der Waals surface area contributed by atoms with Gasteiger partial charge in [-0.15, -0.1) is 0 Å². The number of aliphatic carboxylic acids is 1. The SMILES string of the molecule is Cc1ncccc1NS(=O)(=O)c1cnn(CCC(=O)O)c1. The average molecular weight is 310 g/mol. The molecule has 0 aliphatic rings. The number of carboxylic acids is 1. The summed E-state index contributed by atoms with van der Waals surface area (Å²) in [5.74, 6) is -0.973. The Morgan fingerprint density at radius 2 is 2.24 bits per heavy atom. The number of hydrogen-bond acceptors (Lipinski definition) is 5. The molecule has 0 amide bonds. The van der Waals surface area contributed by atoms with Crippen LogP contribution in [0, 0.1) is 6.92 Å². The molecule has 0 aliphatic carbocycles. The van der Waals surface area contributed by atoms with Crippen LogP contribution in [0.2, 0.25) is 0 Å². The molecule has 0 saturated carbocycles. The van der Waals surface area contributed by atoms with Gasteiger partial charge in [0.05, 0.1) is 30.5 Å². The van der Waals surface area contributed by atoms with Crippen molar-refractivity contribution < 1.29 is 18.3 Å². The van der Waals surface area contributed by atoms with E-state index in [0.29, 0.717) is 11.4 Å². The van der Waals surface area contributed by atoms with E-state index < -0.39 is 16.0 Å². The van der Waals surface area contributed by atoms with Gasteiger partial charge in [0, 0.05) is 12.4 Å². The van der Waals surface area contributed by atoms with Gasteiger partial charge in [-0.2, -0.15) is 5.10 Å². The smallest absolute Gasteiger partial charge is 0.305 e. The molecule has 0 fully saturated rings. The van der Waals surface area contributed by atoms with E-state index in [2.05, 4.69) is 14.8 Å². The predicted molar refractivity (Wildman–Crippen MR) is 74.3 cm³/mol. The number of carbonyl (C=O) groups is 1. The largest absolute Gasteiger partial charge is 0.481 e. The fourth-order valence-electron chi connectivity index (χ4n) is 1.61. The van der Waals surface area contributed by atoms with E-state index in [0.717, 1.165) is 0 Å². The van der Waals surface area contributed by atoms with Gasteiger partial charge in [0.25, 0.3) is 10.0 Å². The van der Waals surface area contributed by atoms with E-state index >= 15 is 0 Å². The van der Waals surface area contributed by atoms with E-state index in [1.807, 2.05) is 0 Å². The van der Waals surface area contributed by atoms with E-state index in [-0.39, 0.29) is 17.9 Å². The number of aromatic nitrogens is 3. The number of rotatable bonds is 6. The summed E-state index contributed by atoms with van der Waals surface area (Å²) in [7, 11) is -3.77. The van der Waals surface area contributed by atoms with E-state index in [4.69, 9.17) is 5.11 Å². The van der Waals surface area contributed by atoms with Crippen LogP contribution in [0.5, 0.6) is 0 Å². The Morgan fingerprint density at radius 3 is 2.90 bits per heavy atom. The fourth-order valence-corrected chi connectivity index (χ4v) is 2.68. The predicted octanol–water partition coefficient (Wildman–Crippen LogP) is 0.862. The number of sulfonamides is 1. The van der Waals surface area contributed by atoms with Crippen molar-refractivity contribution in [1.82, 2.24) is 14.8 Å². The summed E-state index contributed by atoms with van der Waals surface area (Å²) in [4.78, 5) is 14.4. The quantitative estimate of drug-likeness (QED) is 0.818. The van der Waals surface area contributed by atoms with Crippen LogP contribution in [0.1, 0.15) is 12.1 Å². The molecule has 0 spiro atoms. The Labute approximate surface area is 121 Å². The van der Waals surface area contributed by atoms with Crippen molar-refractivity contribution in [1.29, 1.82) is 0 Å². The molecule has 21 heavy (non-hydrogen) atoms. The van der Waals surface area contributed by atoms with Gasteiger partial charge in [0.1, 0.15) is 4.90 Å². The molecule has 0 atom stereocenters. The molecular formula is C12H14N4O4S. The first kappa shape index (κ1) is 15.0. The second-order valence-corrected chi connectivity index (χ2v) is 6.01. The Balaban J connectivity index is 2.17. The lowest BCUT2D eigenvalue weighted by molar-refractivity contribution is -0.137. The van der Waals surface area contributed by atoms with Gasteiger partial charge in [-0.05, 0) is 19.1 Å². The lowest BCUT2D eigenvalue weighted by Crippen LogP contribution is -2.13. The summed E-state index contributed by atoms with van der Waals surface area (Å²) in [5, 5.41) is 12.4. The topological polar surface area (TPSA) is 114 Å². The van der Waals surface area contributed by atoms with Crippen molar-refractivity contribution >= 4 is 21.7 Å². The number of hydrogen-bond donors (Lipinski definition) is 2. The summed E-state index contributed by atoms with van der Waals surface area (Å²) in [6.07, 6.45) is 3.90. The normalized spacial score (nSPS) is 11.3. The van der Waals surface area contributed by atoms with Crippen molar-refractivity contribution in [3.8, 4) is 0 Å². The maximum absolute atomic E-state index is 12.2. The van der Waals surface area contributed by atoms with Crippen molar-refractivity contribution in [2.24, 2.45) is 0 Å². The molecule has 2 aromatic rings. The third-order valence-electron chi connectivity index (χ3n) is 2.73. The van der Waals surface area contributed by atoms with Crippen LogP contribution in [-0.2, 0) is 21.4 Å². The van der Waals surface area contributed by atoms with Crippen molar-refractivity contribution in [3.63, 3.8) is 0 Å². The van der Waals surface area contributed by atoms with Gasteiger partial charge in [0.2, 0.25) is 0 Å². The molecule has 0 unspecified atom stereocenters. The minimum absolute atomic E-state index is 0.0314. The molecule has 0 saturated heterocycles. The highest BCUT2D eigenvalue weighted by Gasteiger charge is 2.17. The summed E-state index contributed by atoms with van der Waals surface area (Å²) < 4.78 is 28.1. The summed E-state index contributed by atoms with van der Waals surface area (Å²) in [6, 6.07) is 3.23. The Bertz CT molecular complexity index is 754. The number of carboxylic acid groups (broad SMARTS) is 1. The van der Waals surface area contributed by atoms with Crippen LogP contribution in [0.4, 0.5) is 5.69 Å². The van der Waals surface area contributed by atoms with Gasteiger partial charge in [-0.3, -0.25) is 19.2 Å². The number of nitrogens with zero attached hydrogens (tertiary/aromatic N) is 3. The maximum atomic E-state index is 12.2. The van der Waals surface area contributed by atoms with Crippen LogP contribution < -0.4 is 4.72 Å². The van der Waals surface area contributed by atoms with Crippen molar-refractivity contribution in [2.45, 2.75) is 24.8 Å². The van der Waals surface area contributed by atoms with Crippen LogP contribution in [0.15, 0.2) is 35.6 Å². The fraction of sp³-hybridized carbons (Fsp3) is 0.250. The molecule has 8 nitrogen and oxygen atoms in total. The van der Waals surface area contributed by atoms with E-state index in [9.17, 15) is 13.2 Å². The summed E-state index contributed by atoms with van der Waals surface area (Å²) >= 11 is 0. The number of nitrogens with one attached hydrogen (secondary N) is 1. The molecule has 0 radical (unpaired) electrons. The van der Waals surface area contributed by atoms with Crippen molar-refractivity contribution in [3.05, 3.63) is 36.4 Å². The Morgan fingerprint density at radius 1 is 1.48 bits per heavy atom. The molecule has 0 bridgehead atoms. The molecule has 9 heteroatoms. The zero-order chi connectivity index (χ0) is 15.5. The molecular weight excluding hydrogens is 296 g/mol. The van der Waals surface area contributed by atoms with Crippen LogP contribution in [-0.4, -0.2) is 34.3 Å². The zero-order valence-corrected chi connectivity index (χ0v) is 12.0.